The van der Waals surface area contributed by atoms with Crippen molar-refractivity contribution < 1.29 is 17.9 Å². The van der Waals surface area contributed by atoms with Gasteiger partial charge in [-0.2, -0.15) is 13.2 Å². The number of hydrogen-bond acceptors (Lipinski definition) is 4. The number of likely N-dealkylation sites (tertiary alicyclic amines) is 1. The number of halogens is 3. The minimum Gasteiger partial charge on any atom is -0.458 e. The van der Waals surface area contributed by atoms with Gasteiger partial charge in [-0.05, 0) is 38.6 Å². The van der Waals surface area contributed by atoms with E-state index in [1.165, 1.54) is 12.3 Å². The van der Waals surface area contributed by atoms with Crippen molar-refractivity contribution in [3.8, 4) is 5.88 Å². The fraction of sp³-hybridized carbons (Fsp3) is 0.583. The van der Waals surface area contributed by atoms with Gasteiger partial charge in [-0.25, -0.2) is 4.98 Å². The Morgan fingerprint density at radius 1 is 1.47 bits per heavy atom. The summed E-state index contributed by atoms with van der Waals surface area (Å²) in [6.45, 7) is 0.408. The highest BCUT2D eigenvalue weighted by Crippen LogP contribution is 2.41. The van der Waals surface area contributed by atoms with Crippen LogP contribution in [0.1, 0.15) is 12.8 Å². The molecule has 1 fully saturated rings. The Bertz CT molecular complexity index is 452. The number of ether oxygens (including phenoxy) is 1. The van der Waals surface area contributed by atoms with Gasteiger partial charge in [0.1, 0.15) is 0 Å². The average Bonchev–Trinajstić information content (AvgIpc) is 2.31. The molecule has 0 amide bonds. The number of nitrogens with zero attached hydrogens (tertiary/aromatic N) is 2. The molecule has 0 saturated carbocycles. The molecule has 7 heteroatoms. The van der Waals surface area contributed by atoms with Crippen molar-refractivity contribution in [1.29, 1.82) is 0 Å². The molecule has 0 aliphatic carbocycles. The number of nitrogens with two attached hydrogens (primary N) is 1. The van der Waals surface area contributed by atoms with Gasteiger partial charge in [0.2, 0.25) is 11.5 Å². The zero-order valence-corrected chi connectivity index (χ0v) is 10.6. The van der Waals surface area contributed by atoms with Crippen LogP contribution < -0.4 is 10.5 Å². The number of rotatable bonds is 2. The third kappa shape index (κ3) is 2.75. The summed E-state index contributed by atoms with van der Waals surface area (Å²) < 4.78 is 45.3. The predicted octanol–water partition coefficient (Wildman–Crippen LogP) is 2.07. The second-order valence-electron chi connectivity index (χ2n) is 4.83. The van der Waals surface area contributed by atoms with Crippen molar-refractivity contribution in [2.24, 2.45) is 0 Å². The van der Waals surface area contributed by atoms with E-state index in [1.54, 1.807) is 18.0 Å². The molecule has 1 aliphatic heterocycles. The first-order valence-electron chi connectivity index (χ1n) is 5.99. The van der Waals surface area contributed by atoms with Crippen molar-refractivity contribution in [2.75, 3.05) is 25.9 Å². The Kier molecular flexibility index (Phi) is 3.58. The third-order valence-electron chi connectivity index (χ3n) is 3.26. The molecule has 1 aliphatic rings. The van der Waals surface area contributed by atoms with Gasteiger partial charge in [0.25, 0.3) is 0 Å². The van der Waals surface area contributed by atoms with E-state index in [1.807, 2.05) is 0 Å². The number of anilines is 1. The number of nitrogen functional groups attached to an aromatic ring is 1. The first-order valence-corrected chi connectivity index (χ1v) is 5.99. The predicted molar refractivity (Wildman–Crippen MR) is 64.8 cm³/mol. The lowest BCUT2D eigenvalue weighted by molar-refractivity contribution is -0.262. The molecule has 19 heavy (non-hydrogen) atoms. The van der Waals surface area contributed by atoms with Crippen LogP contribution in [0.4, 0.5) is 18.9 Å². The molecule has 106 valence electrons. The number of aromatic nitrogens is 1. The minimum absolute atomic E-state index is 0.0865. The van der Waals surface area contributed by atoms with Crippen LogP contribution in [0.2, 0.25) is 0 Å². The zero-order valence-electron chi connectivity index (χ0n) is 10.6. The maximum atomic E-state index is 13.4. The van der Waals surface area contributed by atoms with E-state index in [4.69, 9.17) is 10.5 Å². The van der Waals surface area contributed by atoms with Crippen molar-refractivity contribution in [1.82, 2.24) is 9.88 Å². The van der Waals surface area contributed by atoms with Crippen LogP contribution in [-0.4, -0.2) is 41.8 Å². The molecule has 1 saturated heterocycles. The van der Waals surface area contributed by atoms with Crippen molar-refractivity contribution in [3.63, 3.8) is 0 Å². The number of hydrogen-bond donors (Lipinski definition) is 1. The smallest absolute Gasteiger partial charge is 0.429 e. The van der Waals surface area contributed by atoms with Gasteiger partial charge in [0, 0.05) is 12.7 Å². The largest absolute Gasteiger partial charge is 0.458 e. The highest BCUT2D eigenvalue weighted by molar-refractivity contribution is 5.47. The van der Waals surface area contributed by atoms with E-state index in [0.717, 1.165) is 0 Å². The summed E-state index contributed by atoms with van der Waals surface area (Å²) >= 11 is 0. The Morgan fingerprint density at radius 2 is 2.21 bits per heavy atom. The number of likely N-dealkylation sites (N-methyl/N-ethyl adjacent to an activating group) is 1. The molecule has 0 radical (unpaired) electrons. The normalized spacial score (nSPS) is 25.3. The minimum atomic E-state index is -4.47. The van der Waals surface area contributed by atoms with E-state index in [-0.39, 0.29) is 24.5 Å². The number of pyridine rings is 1. The summed E-state index contributed by atoms with van der Waals surface area (Å²) in [4.78, 5) is 5.40. The summed E-state index contributed by atoms with van der Waals surface area (Å²) in [7, 11) is 1.64. The van der Waals surface area contributed by atoms with Crippen LogP contribution in [0.5, 0.6) is 5.88 Å². The summed E-state index contributed by atoms with van der Waals surface area (Å²) in [5.41, 5.74) is 3.48. The SMILES string of the molecule is CN1CCCC(Oc2ncccc2N)(C(F)(F)F)C1. The molecule has 2 heterocycles. The Balaban J connectivity index is 2.32. The summed E-state index contributed by atoms with van der Waals surface area (Å²) in [6, 6.07) is 3.02. The number of piperidine rings is 1. The average molecular weight is 275 g/mol. The molecule has 0 spiro atoms. The molecule has 1 atom stereocenters. The van der Waals surface area contributed by atoms with Crippen LogP contribution >= 0.6 is 0 Å². The molecule has 0 aromatic carbocycles. The van der Waals surface area contributed by atoms with Gasteiger partial charge in [0.15, 0.2) is 0 Å². The van der Waals surface area contributed by atoms with Crippen LogP contribution in [-0.2, 0) is 0 Å². The molecular formula is C12H16F3N3O. The van der Waals surface area contributed by atoms with Crippen LogP contribution in [0.25, 0.3) is 0 Å². The lowest BCUT2D eigenvalue weighted by Crippen LogP contribution is -2.60. The Hall–Kier alpha value is -1.50. The molecule has 1 aromatic rings. The quantitative estimate of drug-likeness (QED) is 0.897. The first kappa shape index (κ1) is 13.9. The number of alkyl halides is 3. The second-order valence-corrected chi connectivity index (χ2v) is 4.83. The molecule has 1 aromatic heterocycles. The van der Waals surface area contributed by atoms with Crippen molar-refractivity contribution in [3.05, 3.63) is 18.3 Å². The molecular weight excluding hydrogens is 259 g/mol. The van der Waals surface area contributed by atoms with Crippen molar-refractivity contribution >= 4 is 5.69 Å². The summed E-state index contributed by atoms with van der Waals surface area (Å²) in [5.74, 6) is -0.157. The molecule has 4 nitrogen and oxygen atoms in total. The summed E-state index contributed by atoms with van der Waals surface area (Å²) in [5, 5.41) is 0. The highest BCUT2D eigenvalue weighted by atomic mass is 19.4. The van der Waals surface area contributed by atoms with E-state index >= 15 is 0 Å². The van der Waals surface area contributed by atoms with E-state index in [9.17, 15) is 13.2 Å². The Morgan fingerprint density at radius 3 is 2.79 bits per heavy atom. The lowest BCUT2D eigenvalue weighted by atomic mass is 9.92. The van der Waals surface area contributed by atoms with E-state index in [2.05, 4.69) is 4.98 Å². The standard InChI is InChI=1S/C12H16F3N3O/c1-18-7-3-5-11(8-18,12(13,14)15)19-10-9(16)4-2-6-17-10/h2,4,6H,3,5,7-8,16H2,1H3. The van der Waals surface area contributed by atoms with Gasteiger partial charge >= 0.3 is 6.18 Å². The summed E-state index contributed by atoms with van der Waals surface area (Å²) in [6.07, 6.45) is -2.77. The van der Waals surface area contributed by atoms with Gasteiger partial charge in [0.05, 0.1) is 5.69 Å². The zero-order chi connectivity index (χ0) is 14.1. The van der Waals surface area contributed by atoms with Crippen LogP contribution in [0, 0.1) is 0 Å². The molecule has 1 unspecified atom stereocenters. The van der Waals surface area contributed by atoms with Gasteiger partial charge in [-0.1, -0.05) is 0 Å². The fourth-order valence-electron chi connectivity index (χ4n) is 2.27. The molecule has 2 N–H and O–H groups in total. The van der Waals surface area contributed by atoms with Crippen LogP contribution in [0.15, 0.2) is 18.3 Å². The maximum Gasteiger partial charge on any atom is 0.429 e. The van der Waals surface area contributed by atoms with Crippen LogP contribution in [0.3, 0.4) is 0 Å². The first-order chi connectivity index (χ1) is 8.84. The molecule has 2 rings (SSSR count). The lowest BCUT2D eigenvalue weighted by Gasteiger charge is -2.42. The second kappa shape index (κ2) is 4.88. The van der Waals surface area contributed by atoms with Crippen molar-refractivity contribution in [2.45, 2.75) is 24.6 Å². The van der Waals surface area contributed by atoms with Gasteiger partial charge < -0.3 is 15.4 Å². The monoisotopic (exact) mass is 275 g/mol. The Labute approximate surface area is 109 Å². The van der Waals surface area contributed by atoms with E-state index < -0.39 is 11.8 Å². The van der Waals surface area contributed by atoms with Gasteiger partial charge in [-0.15, -0.1) is 0 Å². The molecule has 0 bridgehead atoms. The van der Waals surface area contributed by atoms with Gasteiger partial charge in [-0.3, -0.25) is 0 Å². The maximum absolute atomic E-state index is 13.4. The third-order valence-corrected chi connectivity index (χ3v) is 3.26. The highest BCUT2D eigenvalue weighted by Gasteiger charge is 2.58. The fourth-order valence-corrected chi connectivity index (χ4v) is 2.27. The topological polar surface area (TPSA) is 51.4 Å². The van der Waals surface area contributed by atoms with E-state index in [0.29, 0.717) is 13.0 Å².